The van der Waals surface area contributed by atoms with E-state index in [2.05, 4.69) is 10.6 Å². The van der Waals surface area contributed by atoms with E-state index >= 15 is 0 Å². The van der Waals surface area contributed by atoms with Crippen molar-refractivity contribution < 1.29 is 18.7 Å². The molecule has 0 radical (unpaired) electrons. The first-order valence-corrected chi connectivity index (χ1v) is 7.58. The zero-order chi connectivity index (χ0) is 17.4. The Morgan fingerprint density at radius 3 is 2.38 bits per heavy atom. The van der Waals surface area contributed by atoms with Crippen LogP contribution in [0.3, 0.4) is 0 Å². The fourth-order valence-electron chi connectivity index (χ4n) is 2.03. The van der Waals surface area contributed by atoms with Crippen LogP contribution in [-0.4, -0.2) is 25.0 Å². The number of amides is 2. The summed E-state index contributed by atoms with van der Waals surface area (Å²) in [5.41, 5.74) is 0.915. The molecule has 6 heteroatoms. The average molecular weight is 330 g/mol. The number of rotatable bonds is 6. The van der Waals surface area contributed by atoms with Crippen molar-refractivity contribution >= 4 is 11.8 Å². The molecule has 2 amide bonds. The van der Waals surface area contributed by atoms with Crippen LogP contribution in [0.4, 0.5) is 4.39 Å². The summed E-state index contributed by atoms with van der Waals surface area (Å²) in [7, 11) is 0. The molecule has 0 bridgehead atoms. The van der Waals surface area contributed by atoms with Crippen LogP contribution >= 0.6 is 0 Å². The minimum Gasteiger partial charge on any atom is -0.492 e. The van der Waals surface area contributed by atoms with E-state index in [1.54, 1.807) is 6.92 Å². The lowest BCUT2D eigenvalue weighted by Gasteiger charge is -2.14. The number of nitrogens with one attached hydrogen (secondary N) is 2. The maximum atomic E-state index is 12.7. The minimum atomic E-state index is -0.722. The standard InChI is InChI=1S/C18H19FN2O3/c1-13(14-5-3-2-4-6-14)21-18(23)17(22)20-11-12-24-16-9-7-15(19)8-10-16/h2-10,13H,11-12H2,1H3,(H,20,22)(H,21,23)/t13-/m1/s1. The highest BCUT2D eigenvalue weighted by molar-refractivity contribution is 6.35. The van der Waals surface area contributed by atoms with Gasteiger partial charge in [0.05, 0.1) is 12.6 Å². The zero-order valence-electron chi connectivity index (χ0n) is 13.3. The van der Waals surface area contributed by atoms with Gasteiger partial charge in [0.25, 0.3) is 0 Å². The van der Waals surface area contributed by atoms with Gasteiger partial charge in [0.1, 0.15) is 18.2 Å². The second-order valence-corrected chi connectivity index (χ2v) is 5.16. The van der Waals surface area contributed by atoms with Crippen LogP contribution in [-0.2, 0) is 9.59 Å². The molecule has 0 fully saturated rings. The number of halogens is 1. The smallest absolute Gasteiger partial charge is 0.309 e. The first kappa shape index (κ1) is 17.5. The molecule has 1 atom stereocenters. The highest BCUT2D eigenvalue weighted by Crippen LogP contribution is 2.11. The van der Waals surface area contributed by atoms with Crippen LogP contribution in [0.2, 0.25) is 0 Å². The highest BCUT2D eigenvalue weighted by Gasteiger charge is 2.16. The van der Waals surface area contributed by atoms with Gasteiger partial charge in [-0.1, -0.05) is 30.3 Å². The summed E-state index contributed by atoms with van der Waals surface area (Å²) >= 11 is 0. The topological polar surface area (TPSA) is 67.4 Å². The van der Waals surface area contributed by atoms with Crippen LogP contribution in [0.25, 0.3) is 0 Å². The van der Waals surface area contributed by atoms with Crippen molar-refractivity contribution in [3.63, 3.8) is 0 Å². The molecule has 126 valence electrons. The van der Waals surface area contributed by atoms with Crippen LogP contribution in [0, 0.1) is 5.82 Å². The molecule has 0 saturated heterocycles. The summed E-state index contributed by atoms with van der Waals surface area (Å²) in [5.74, 6) is -1.28. The summed E-state index contributed by atoms with van der Waals surface area (Å²) in [5, 5.41) is 5.10. The average Bonchev–Trinajstić information content (AvgIpc) is 2.60. The molecule has 0 aliphatic rings. The Bertz CT molecular complexity index is 674. The summed E-state index contributed by atoms with van der Waals surface area (Å²) in [4.78, 5) is 23.6. The molecule has 2 rings (SSSR count). The molecule has 0 aliphatic carbocycles. The first-order chi connectivity index (χ1) is 11.6. The molecular weight excluding hydrogens is 311 g/mol. The Hall–Kier alpha value is -2.89. The van der Waals surface area contributed by atoms with Gasteiger partial charge in [-0.2, -0.15) is 0 Å². The molecule has 0 aromatic heterocycles. The molecule has 2 aromatic carbocycles. The first-order valence-electron chi connectivity index (χ1n) is 7.58. The van der Waals surface area contributed by atoms with Gasteiger partial charge in [0.2, 0.25) is 0 Å². The van der Waals surface area contributed by atoms with Gasteiger partial charge in [0.15, 0.2) is 0 Å². The van der Waals surface area contributed by atoms with Gasteiger partial charge < -0.3 is 15.4 Å². The SMILES string of the molecule is C[C@@H](NC(=O)C(=O)NCCOc1ccc(F)cc1)c1ccccc1. The van der Waals surface area contributed by atoms with E-state index in [1.165, 1.54) is 24.3 Å². The Balaban J connectivity index is 1.70. The van der Waals surface area contributed by atoms with E-state index in [9.17, 15) is 14.0 Å². The number of hydrogen-bond donors (Lipinski definition) is 2. The maximum absolute atomic E-state index is 12.7. The molecule has 2 N–H and O–H groups in total. The molecule has 0 unspecified atom stereocenters. The maximum Gasteiger partial charge on any atom is 0.309 e. The monoisotopic (exact) mass is 330 g/mol. The Labute approximate surface area is 139 Å². The van der Waals surface area contributed by atoms with Crippen LogP contribution in [0.15, 0.2) is 54.6 Å². The van der Waals surface area contributed by atoms with Gasteiger partial charge in [-0.25, -0.2) is 4.39 Å². The van der Waals surface area contributed by atoms with Gasteiger partial charge in [-0.3, -0.25) is 9.59 Å². The fraction of sp³-hybridized carbons (Fsp3) is 0.222. The predicted molar refractivity (Wildman–Crippen MR) is 87.9 cm³/mol. The number of carbonyl (C=O) groups is 2. The van der Waals surface area contributed by atoms with E-state index in [0.29, 0.717) is 5.75 Å². The zero-order valence-corrected chi connectivity index (χ0v) is 13.3. The van der Waals surface area contributed by atoms with Crippen molar-refractivity contribution in [2.24, 2.45) is 0 Å². The van der Waals surface area contributed by atoms with Crippen molar-refractivity contribution in [3.8, 4) is 5.75 Å². The van der Waals surface area contributed by atoms with E-state index in [0.717, 1.165) is 5.56 Å². The Kier molecular flexibility index (Phi) is 6.31. The van der Waals surface area contributed by atoms with Crippen molar-refractivity contribution in [2.45, 2.75) is 13.0 Å². The van der Waals surface area contributed by atoms with Gasteiger partial charge in [0, 0.05) is 0 Å². The van der Waals surface area contributed by atoms with Crippen molar-refractivity contribution in [2.75, 3.05) is 13.2 Å². The lowest BCUT2D eigenvalue weighted by molar-refractivity contribution is -0.139. The van der Waals surface area contributed by atoms with E-state index in [-0.39, 0.29) is 25.0 Å². The van der Waals surface area contributed by atoms with E-state index in [1.807, 2.05) is 30.3 Å². The lowest BCUT2D eigenvalue weighted by Crippen LogP contribution is -2.42. The number of carbonyl (C=O) groups excluding carboxylic acids is 2. The Morgan fingerprint density at radius 1 is 1.04 bits per heavy atom. The third-order valence-electron chi connectivity index (χ3n) is 3.32. The van der Waals surface area contributed by atoms with Gasteiger partial charge in [-0.15, -0.1) is 0 Å². The molecule has 0 aliphatic heterocycles. The molecule has 5 nitrogen and oxygen atoms in total. The molecule has 2 aromatic rings. The van der Waals surface area contributed by atoms with Crippen molar-refractivity contribution in [3.05, 3.63) is 66.0 Å². The molecular formula is C18H19FN2O3. The number of ether oxygens (including phenoxy) is 1. The van der Waals surface area contributed by atoms with E-state index in [4.69, 9.17) is 4.74 Å². The second kappa shape index (κ2) is 8.67. The number of hydrogen-bond acceptors (Lipinski definition) is 3. The number of benzene rings is 2. The fourth-order valence-corrected chi connectivity index (χ4v) is 2.03. The van der Waals surface area contributed by atoms with Crippen molar-refractivity contribution in [1.29, 1.82) is 0 Å². The second-order valence-electron chi connectivity index (χ2n) is 5.16. The molecule has 0 saturated carbocycles. The van der Waals surface area contributed by atoms with Crippen molar-refractivity contribution in [1.82, 2.24) is 10.6 Å². The largest absolute Gasteiger partial charge is 0.492 e. The molecule has 0 heterocycles. The normalized spacial score (nSPS) is 11.4. The quantitative estimate of drug-likeness (QED) is 0.630. The summed E-state index contributed by atoms with van der Waals surface area (Å²) in [6, 6.07) is 14.6. The third-order valence-corrected chi connectivity index (χ3v) is 3.32. The van der Waals surface area contributed by atoms with Gasteiger partial charge in [-0.05, 0) is 36.8 Å². The van der Waals surface area contributed by atoms with Crippen LogP contribution in [0.1, 0.15) is 18.5 Å². The highest BCUT2D eigenvalue weighted by atomic mass is 19.1. The summed E-state index contributed by atoms with van der Waals surface area (Å²) in [6.45, 7) is 2.15. The molecule has 0 spiro atoms. The van der Waals surface area contributed by atoms with Crippen LogP contribution in [0.5, 0.6) is 5.75 Å². The predicted octanol–water partition coefficient (Wildman–Crippen LogP) is 2.20. The minimum absolute atomic E-state index is 0.170. The Morgan fingerprint density at radius 2 is 1.71 bits per heavy atom. The molecule has 24 heavy (non-hydrogen) atoms. The summed E-state index contributed by atoms with van der Waals surface area (Å²) in [6.07, 6.45) is 0. The lowest BCUT2D eigenvalue weighted by atomic mass is 10.1. The third kappa shape index (κ3) is 5.39. The van der Waals surface area contributed by atoms with Crippen LogP contribution < -0.4 is 15.4 Å². The van der Waals surface area contributed by atoms with Gasteiger partial charge >= 0.3 is 11.8 Å². The van der Waals surface area contributed by atoms with E-state index < -0.39 is 11.8 Å². The summed E-state index contributed by atoms with van der Waals surface area (Å²) < 4.78 is 18.1.